The van der Waals surface area contributed by atoms with Gasteiger partial charge < -0.3 is 19.3 Å². The molecule has 1 aliphatic carbocycles. The fourth-order valence-electron chi connectivity index (χ4n) is 5.17. The van der Waals surface area contributed by atoms with Gasteiger partial charge in [0.2, 0.25) is 5.88 Å². The molecule has 1 aromatic carbocycles. The van der Waals surface area contributed by atoms with E-state index < -0.39 is 5.60 Å². The van der Waals surface area contributed by atoms with Crippen LogP contribution in [0.15, 0.2) is 30.5 Å². The number of rotatable bonds is 8. The van der Waals surface area contributed by atoms with Crippen molar-refractivity contribution in [2.45, 2.75) is 45.3 Å². The molecule has 4 rings (SSSR count). The zero-order valence-electron chi connectivity index (χ0n) is 18.7. The molecule has 7 heteroatoms. The summed E-state index contributed by atoms with van der Waals surface area (Å²) in [7, 11) is 1.68. The Balaban J connectivity index is 1.58. The van der Waals surface area contributed by atoms with E-state index in [1.165, 1.54) is 5.56 Å². The van der Waals surface area contributed by atoms with Gasteiger partial charge in [0.05, 0.1) is 25.9 Å². The molecule has 168 valence electrons. The molecular weight excluding hydrogens is 394 g/mol. The average Bonchev–Trinajstić information content (AvgIpc) is 2.76. The Morgan fingerprint density at radius 3 is 2.35 bits per heavy atom. The molecule has 1 N–H and O–H groups in total. The highest BCUT2D eigenvalue weighted by Gasteiger charge is 2.53. The number of nitrogens with zero attached hydrogens (tertiary/aromatic N) is 3. The van der Waals surface area contributed by atoms with Gasteiger partial charge in [0.25, 0.3) is 0 Å². The molecular formula is C24H33N3O4. The summed E-state index contributed by atoms with van der Waals surface area (Å²) in [5.74, 6) is 1.54. The van der Waals surface area contributed by atoms with Gasteiger partial charge >= 0.3 is 6.01 Å². The molecule has 1 unspecified atom stereocenters. The quantitative estimate of drug-likeness (QED) is 0.692. The average molecular weight is 428 g/mol. The topological polar surface area (TPSA) is 76.9 Å². The highest BCUT2D eigenvalue weighted by molar-refractivity contribution is 5.35. The van der Waals surface area contributed by atoms with E-state index in [0.29, 0.717) is 30.7 Å². The molecule has 2 heterocycles. The van der Waals surface area contributed by atoms with Crippen LogP contribution in [0.4, 0.5) is 0 Å². The molecule has 1 aliphatic heterocycles. The maximum absolute atomic E-state index is 12.1. The van der Waals surface area contributed by atoms with Crippen LogP contribution in [-0.4, -0.2) is 53.4 Å². The zero-order chi connectivity index (χ0) is 21.8. The van der Waals surface area contributed by atoms with Crippen molar-refractivity contribution in [1.82, 2.24) is 14.9 Å². The van der Waals surface area contributed by atoms with E-state index in [1.807, 2.05) is 26.0 Å². The number of fused-ring (bicyclic) bond motifs is 2. The van der Waals surface area contributed by atoms with Gasteiger partial charge in [-0.15, -0.1) is 0 Å². The van der Waals surface area contributed by atoms with E-state index in [0.717, 1.165) is 44.6 Å². The number of aliphatic hydroxyl groups is 1. The third-order valence-corrected chi connectivity index (χ3v) is 6.59. The summed E-state index contributed by atoms with van der Waals surface area (Å²) in [5.41, 5.74) is 0.976. The monoisotopic (exact) mass is 427 g/mol. The maximum Gasteiger partial charge on any atom is 0.319 e. The minimum Gasteiger partial charge on any atom is -0.497 e. The second-order valence-electron chi connectivity index (χ2n) is 8.43. The van der Waals surface area contributed by atoms with E-state index in [2.05, 4.69) is 27.0 Å². The maximum atomic E-state index is 12.1. The number of hydrogen-bond acceptors (Lipinski definition) is 7. The standard InChI is InChI=1S/C24H33N3O4/c1-4-30-22-21(13-25-23(26-22)31-5-2)24(28)18-7-6-8-19(24)16-27(15-18)14-17-9-11-20(29-3)12-10-17/h9-13,18-19,28H,4-8,14-16H2,1-3H3/t18-,19+,24?. The lowest BCUT2D eigenvalue weighted by molar-refractivity contribution is -0.150. The molecule has 0 radical (unpaired) electrons. The summed E-state index contributed by atoms with van der Waals surface area (Å²) in [6.07, 6.45) is 4.80. The lowest BCUT2D eigenvalue weighted by Gasteiger charge is -2.53. The van der Waals surface area contributed by atoms with Crippen molar-refractivity contribution < 1.29 is 19.3 Å². The largest absolute Gasteiger partial charge is 0.497 e. The van der Waals surface area contributed by atoms with Crippen molar-refractivity contribution in [2.24, 2.45) is 11.8 Å². The Bertz CT molecular complexity index is 860. The van der Waals surface area contributed by atoms with Crippen LogP contribution in [0.25, 0.3) is 0 Å². The van der Waals surface area contributed by atoms with Crippen molar-refractivity contribution in [1.29, 1.82) is 0 Å². The van der Waals surface area contributed by atoms with Crippen LogP contribution in [0, 0.1) is 11.8 Å². The molecule has 31 heavy (non-hydrogen) atoms. The molecule has 0 spiro atoms. The van der Waals surface area contributed by atoms with Gasteiger partial charge in [-0.1, -0.05) is 18.6 Å². The third kappa shape index (κ3) is 4.34. The van der Waals surface area contributed by atoms with Gasteiger partial charge in [-0.3, -0.25) is 4.90 Å². The van der Waals surface area contributed by atoms with Crippen LogP contribution >= 0.6 is 0 Å². The highest BCUT2D eigenvalue weighted by Crippen LogP contribution is 2.51. The first-order valence-electron chi connectivity index (χ1n) is 11.3. The zero-order valence-corrected chi connectivity index (χ0v) is 18.7. The van der Waals surface area contributed by atoms with Crippen molar-refractivity contribution in [2.75, 3.05) is 33.4 Å². The predicted molar refractivity (Wildman–Crippen MR) is 117 cm³/mol. The summed E-state index contributed by atoms with van der Waals surface area (Å²) in [5, 5.41) is 12.1. The molecule has 1 saturated carbocycles. The fraction of sp³-hybridized carbons (Fsp3) is 0.583. The first-order chi connectivity index (χ1) is 15.1. The number of hydrogen-bond donors (Lipinski definition) is 1. The smallest absolute Gasteiger partial charge is 0.319 e. The highest BCUT2D eigenvalue weighted by atomic mass is 16.5. The molecule has 2 aromatic rings. The van der Waals surface area contributed by atoms with Crippen LogP contribution in [0.2, 0.25) is 0 Å². The van der Waals surface area contributed by atoms with Crippen molar-refractivity contribution in [3.63, 3.8) is 0 Å². The van der Waals surface area contributed by atoms with Gasteiger partial charge in [0, 0.05) is 37.7 Å². The Labute approximate surface area is 184 Å². The number of benzene rings is 1. The Morgan fingerprint density at radius 1 is 1.06 bits per heavy atom. The van der Waals surface area contributed by atoms with Crippen molar-refractivity contribution in [3.8, 4) is 17.6 Å². The molecule has 0 amide bonds. The van der Waals surface area contributed by atoms with Crippen LogP contribution in [0.5, 0.6) is 17.6 Å². The van der Waals surface area contributed by atoms with E-state index in [9.17, 15) is 5.11 Å². The van der Waals surface area contributed by atoms with E-state index in [-0.39, 0.29) is 11.8 Å². The van der Waals surface area contributed by atoms with E-state index in [4.69, 9.17) is 14.2 Å². The summed E-state index contributed by atoms with van der Waals surface area (Å²) < 4.78 is 16.6. The predicted octanol–water partition coefficient (Wildman–Crippen LogP) is 3.40. The van der Waals surface area contributed by atoms with Crippen molar-refractivity contribution in [3.05, 3.63) is 41.6 Å². The number of likely N-dealkylation sites (tertiary alicyclic amines) is 1. The molecule has 1 saturated heterocycles. The molecule has 2 fully saturated rings. The Kier molecular flexibility index (Phi) is 6.62. The molecule has 7 nitrogen and oxygen atoms in total. The van der Waals surface area contributed by atoms with Crippen LogP contribution in [0.3, 0.4) is 0 Å². The van der Waals surface area contributed by atoms with Crippen molar-refractivity contribution >= 4 is 0 Å². The van der Waals surface area contributed by atoms with Gasteiger partial charge in [0.1, 0.15) is 11.4 Å². The lowest BCUT2D eigenvalue weighted by Crippen LogP contribution is -2.58. The minimum atomic E-state index is -0.982. The first kappa shape index (κ1) is 21.8. The van der Waals surface area contributed by atoms with Gasteiger partial charge in [-0.25, -0.2) is 4.98 Å². The molecule has 1 aromatic heterocycles. The third-order valence-electron chi connectivity index (χ3n) is 6.59. The summed E-state index contributed by atoms with van der Waals surface area (Å²) >= 11 is 0. The summed E-state index contributed by atoms with van der Waals surface area (Å²) in [6.45, 7) is 7.31. The minimum absolute atomic E-state index is 0.110. The van der Waals surface area contributed by atoms with E-state index in [1.54, 1.807) is 13.3 Å². The number of ether oxygens (including phenoxy) is 3. The second-order valence-corrected chi connectivity index (χ2v) is 8.43. The summed E-state index contributed by atoms with van der Waals surface area (Å²) in [4.78, 5) is 11.3. The molecule has 2 aliphatic rings. The Hall–Kier alpha value is -2.38. The van der Waals surface area contributed by atoms with Crippen LogP contribution < -0.4 is 14.2 Å². The number of methoxy groups -OCH3 is 1. The van der Waals surface area contributed by atoms with Gasteiger partial charge in [-0.05, 0) is 44.4 Å². The normalized spacial score (nSPS) is 25.8. The van der Waals surface area contributed by atoms with Crippen LogP contribution in [-0.2, 0) is 12.1 Å². The fourth-order valence-corrected chi connectivity index (χ4v) is 5.17. The Morgan fingerprint density at radius 2 is 1.74 bits per heavy atom. The summed E-state index contributed by atoms with van der Waals surface area (Å²) in [6, 6.07) is 8.52. The van der Waals surface area contributed by atoms with Crippen LogP contribution in [0.1, 0.15) is 44.2 Å². The second kappa shape index (κ2) is 9.40. The molecule has 3 atom stereocenters. The van der Waals surface area contributed by atoms with Gasteiger partial charge in [-0.2, -0.15) is 4.98 Å². The van der Waals surface area contributed by atoms with E-state index >= 15 is 0 Å². The lowest BCUT2D eigenvalue weighted by atomic mass is 9.63. The number of aromatic nitrogens is 2. The van der Waals surface area contributed by atoms with Gasteiger partial charge in [0.15, 0.2) is 0 Å². The number of piperidine rings is 1. The SMILES string of the molecule is CCOc1ncc(C2(O)[C@@H]3CCC[C@H]2CN(Cc2ccc(OC)cc2)C3)c(OCC)n1. The first-order valence-corrected chi connectivity index (χ1v) is 11.3. The molecule has 2 bridgehead atoms.